The fourth-order valence-corrected chi connectivity index (χ4v) is 3.05. The highest BCUT2D eigenvalue weighted by molar-refractivity contribution is 5.96. The number of aromatic nitrogens is 1. The number of rotatable bonds is 6. The number of benzene rings is 1. The van der Waals surface area contributed by atoms with Crippen LogP contribution in [0.2, 0.25) is 0 Å². The summed E-state index contributed by atoms with van der Waals surface area (Å²) >= 11 is 0. The van der Waals surface area contributed by atoms with Gasteiger partial charge in [0, 0.05) is 25.7 Å². The zero-order valence-corrected chi connectivity index (χ0v) is 15.2. The molecule has 1 aliphatic heterocycles. The molecule has 2 N–H and O–H groups in total. The summed E-state index contributed by atoms with van der Waals surface area (Å²) in [6, 6.07) is 6.26. The van der Waals surface area contributed by atoms with Crippen molar-refractivity contribution in [2.75, 3.05) is 18.5 Å². The number of hydrogen-bond acceptors (Lipinski definition) is 5. The number of aliphatic hydroxyl groups excluding tert-OH is 1. The smallest absolute Gasteiger partial charge is 0.281 e. The van der Waals surface area contributed by atoms with Crippen LogP contribution in [0.3, 0.4) is 0 Å². The van der Waals surface area contributed by atoms with Gasteiger partial charge in [0.15, 0.2) is 0 Å². The third-order valence-electron chi connectivity index (χ3n) is 4.53. The molecular formula is C19H22FN3O4. The average molecular weight is 375 g/mol. The van der Waals surface area contributed by atoms with Gasteiger partial charge >= 0.3 is 0 Å². The van der Waals surface area contributed by atoms with Crippen molar-refractivity contribution in [3.05, 3.63) is 63.3 Å². The number of aryl methyl sites for hydroxylation is 2. The first kappa shape index (κ1) is 19.1. The summed E-state index contributed by atoms with van der Waals surface area (Å²) in [5.41, 5.74) is 1.77. The zero-order valence-electron chi connectivity index (χ0n) is 15.2. The van der Waals surface area contributed by atoms with E-state index in [1.165, 1.54) is 22.9 Å². The number of nitrogens with one attached hydrogen (secondary N) is 1. The minimum atomic E-state index is -0.717. The molecule has 7 nitrogen and oxygen atoms in total. The van der Waals surface area contributed by atoms with Crippen molar-refractivity contribution in [2.24, 2.45) is 7.05 Å². The van der Waals surface area contributed by atoms with Crippen molar-refractivity contribution >= 4 is 11.6 Å². The van der Waals surface area contributed by atoms with Crippen molar-refractivity contribution in [3.63, 3.8) is 0 Å². The van der Waals surface area contributed by atoms with E-state index < -0.39 is 17.9 Å². The Bertz CT molecular complexity index is 912. The number of carbonyl (C=O) groups excluding carboxylic acids is 1. The van der Waals surface area contributed by atoms with Crippen molar-refractivity contribution in [1.82, 2.24) is 9.63 Å². The van der Waals surface area contributed by atoms with Gasteiger partial charge in [-0.1, -0.05) is 13.0 Å². The highest BCUT2D eigenvalue weighted by Crippen LogP contribution is 2.25. The number of fused-ring (bicyclic) bond motifs is 1. The van der Waals surface area contributed by atoms with Gasteiger partial charge in [0.2, 0.25) is 0 Å². The van der Waals surface area contributed by atoms with Gasteiger partial charge in [-0.25, -0.2) is 4.39 Å². The Hall–Kier alpha value is -2.71. The molecule has 0 bridgehead atoms. The van der Waals surface area contributed by atoms with Crippen LogP contribution in [0.5, 0.6) is 0 Å². The third-order valence-corrected chi connectivity index (χ3v) is 4.53. The molecule has 1 atom stereocenters. The normalized spacial score (nSPS) is 16.4. The Morgan fingerprint density at radius 3 is 2.78 bits per heavy atom. The van der Waals surface area contributed by atoms with Gasteiger partial charge in [-0.15, -0.1) is 0 Å². The highest BCUT2D eigenvalue weighted by atomic mass is 19.1. The van der Waals surface area contributed by atoms with Crippen molar-refractivity contribution in [3.8, 4) is 0 Å². The molecule has 1 amide bonds. The molecule has 1 aromatic carbocycles. The van der Waals surface area contributed by atoms with Crippen LogP contribution in [0.15, 0.2) is 35.3 Å². The number of halogens is 1. The maximum Gasteiger partial charge on any atom is 0.281 e. The molecule has 2 aromatic rings. The van der Waals surface area contributed by atoms with Gasteiger partial charge in [-0.2, -0.15) is 5.06 Å². The van der Waals surface area contributed by atoms with Crippen molar-refractivity contribution in [2.45, 2.75) is 25.9 Å². The molecule has 3 rings (SSSR count). The van der Waals surface area contributed by atoms with E-state index in [0.717, 1.165) is 10.6 Å². The lowest BCUT2D eigenvalue weighted by molar-refractivity contribution is -0.152. The van der Waals surface area contributed by atoms with Crippen LogP contribution in [0.1, 0.15) is 28.4 Å². The number of aliphatic hydroxyl groups is 1. The number of pyridine rings is 1. The lowest BCUT2D eigenvalue weighted by Gasteiger charge is -2.36. The monoisotopic (exact) mass is 375 g/mol. The molecule has 1 aromatic heterocycles. The van der Waals surface area contributed by atoms with E-state index in [1.54, 1.807) is 19.2 Å². The predicted molar refractivity (Wildman–Crippen MR) is 97.8 cm³/mol. The first-order valence-electron chi connectivity index (χ1n) is 8.76. The third kappa shape index (κ3) is 3.86. The maximum absolute atomic E-state index is 14.4. The Labute approximate surface area is 155 Å². The zero-order chi connectivity index (χ0) is 19.6. The highest BCUT2D eigenvalue weighted by Gasteiger charge is 2.34. The molecule has 144 valence electrons. The Balaban J connectivity index is 1.95. The van der Waals surface area contributed by atoms with Crippen LogP contribution in [0.25, 0.3) is 0 Å². The molecule has 0 saturated carbocycles. The molecule has 0 saturated heterocycles. The van der Waals surface area contributed by atoms with Gasteiger partial charge in [0.05, 0.1) is 24.5 Å². The molecule has 0 radical (unpaired) electrons. The number of hydroxylamine groups is 2. The lowest BCUT2D eigenvalue weighted by Crippen LogP contribution is -2.50. The lowest BCUT2D eigenvalue weighted by atomic mass is 10.00. The summed E-state index contributed by atoms with van der Waals surface area (Å²) in [4.78, 5) is 30.2. The summed E-state index contributed by atoms with van der Waals surface area (Å²) in [5, 5.41) is 13.1. The average Bonchev–Trinajstić information content (AvgIpc) is 2.65. The topological polar surface area (TPSA) is 83.8 Å². The molecular weight excluding hydrogens is 353 g/mol. The molecule has 27 heavy (non-hydrogen) atoms. The summed E-state index contributed by atoms with van der Waals surface area (Å²) in [7, 11) is 1.56. The maximum atomic E-state index is 14.4. The van der Waals surface area contributed by atoms with E-state index in [1.807, 2.05) is 6.92 Å². The number of hydrogen-bond donors (Lipinski definition) is 2. The second kappa shape index (κ2) is 7.89. The first-order chi connectivity index (χ1) is 12.9. The summed E-state index contributed by atoms with van der Waals surface area (Å²) < 4.78 is 15.7. The SMILES string of the molecule is CCc1ccc(NC2Cc3cc(=O)n(C)cc3C(=O)N2OCCO)c(F)c1. The largest absolute Gasteiger partial charge is 0.394 e. The van der Waals surface area contributed by atoms with Crippen LogP contribution in [0.4, 0.5) is 10.1 Å². The molecule has 0 fully saturated rings. The standard InChI is InChI=1S/C19H22FN3O4/c1-3-12-4-5-16(15(20)8-12)21-17-9-13-10-18(25)22(2)11-14(13)19(26)23(17)27-7-6-24/h4-5,8,10-11,17,21,24H,3,6-7,9H2,1-2H3. The van der Waals surface area contributed by atoms with E-state index in [2.05, 4.69) is 5.32 Å². The van der Waals surface area contributed by atoms with Gasteiger partial charge in [-0.3, -0.25) is 14.4 Å². The van der Waals surface area contributed by atoms with Crippen molar-refractivity contribution < 1.29 is 19.1 Å². The van der Waals surface area contributed by atoms with Crippen LogP contribution < -0.4 is 10.9 Å². The predicted octanol–water partition coefficient (Wildman–Crippen LogP) is 1.45. The van der Waals surface area contributed by atoms with E-state index in [0.29, 0.717) is 17.5 Å². The second-order valence-corrected chi connectivity index (χ2v) is 6.38. The molecule has 1 unspecified atom stereocenters. The van der Waals surface area contributed by atoms with Gasteiger partial charge < -0.3 is 15.0 Å². The fraction of sp³-hybridized carbons (Fsp3) is 0.368. The number of anilines is 1. The van der Waals surface area contributed by atoms with E-state index in [9.17, 15) is 14.0 Å². The molecule has 0 aliphatic carbocycles. The van der Waals surface area contributed by atoms with E-state index in [-0.39, 0.29) is 30.9 Å². The quantitative estimate of drug-likeness (QED) is 0.798. The Morgan fingerprint density at radius 2 is 2.11 bits per heavy atom. The van der Waals surface area contributed by atoms with Crippen LogP contribution in [0, 0.1) is 5.82 Å². The second-order valence-electron chi connectivity index (χ2n) is 6.38. The van der Waals surface area contributed by atoms with Crippen LogP contribution in [-0.4, -0.2) is 40.0 Å². The van der Waals surface area contributed by atoms with Crippen molar-refractivity contribution in [1.29, 1.82) is 0 Å². The molecule has 2 heterocycles. The molecule has 0 spiro atoms. The summed E-state index contributed by atoms with van der Waals surface area (Å²) in [5.74, 6) is -0.887. The minimum absolute atomic E-state index is 0.0811. The van der Waals surface area contributed by atoms with E-state index in [4.69, 9.17) is 9.94 Å². The number of amides is 1. The summed E-state index contributed by atoms with van der Waals surface area (Å²) in [6.45, 7) is 1.59. The van der Waals surface area contributed by atoms with Gasteiger partial charge in [0.1, 0.15) is 12.0 Å². The Morgan fingerprint density at radius 1 is 1.33 bits per heavy atom. The van der Waals surface area contributed by atoms with Crippen LogP contribution >= 0.6 is 0 Å². The van der Waals surface area contributed by atoms with E-state index >= 15 is 0 Å². The van der Waals surface area contributed by atoms with Crippen LogP contribution in [-0.2, 0) is 24.7 Å². The molecule has 8 heteroatoms. The first-order valence-corrected chi connectivity index (χ1v) is 8.76. The Kier molecular flexibility index (Phi) is 5.57. The number of carbonyl (C=O) groups is 1. The summed E-state index contributed by atoms with van der Waals surface area (Å²) in [6.07, 6.45) is 1.71. The minimum Gasteiger partial charge on any atom is -0.394 e. The fourth-order valence-electron chi connectivity index (χ4n) is 3.05. The van der Waals surface area contributed by atoms with Gasteiger partial charge in [-0.05, 0) is 29.7 Å². The van der Waals surface area contributed by atoms with Gasteiger partial charge in [0.25, 0.3) is 11.5 Å². The number of nitrogens with zero attached hydrogens (tertiary/aromatic N) is 2. The molecule has 1 aliphatic rings.